The minimum Gasteiger partial charge on any atom is -0.342 e. The summed E-state index contributed by atoms with van der Waals surface area (Å²) < 4.78 is 0. The maximum absolute atomic E-state index is 11.9. The first kappa shape index (κ1) is 11.5. The summed E-state index contributed by atoms with van der Waals surface area (Å²) in [6, 6.07) is 3.87. The molecule has 2 heterocycles. The van der Waals surface area contributed by atoms with Crippen LogP contribution in [-0.4, -0.2) is 17.2 Å². The summed E-state index contributed by atoms with van der Waals surface area (Å²) in [6.45, 7) is 4.98. The van der Waals surface area contributed by atoms with E-state index in [2.05, 4.69) is 11.8 Å². The van der Waals surface area contributed by atoms with Crippen molar-refractivity contribution in [2.24, 2.45) is 0 Å². The molecule has 0 saturated heterocycles. The highest BCUT2D eigenvalue weighted by atomic mass is 32.2. The Balaban J connectivity index is 2.15. The molecular formula is C12H13NOS2. The van der Waals surface area contributed by atoms with Gasteiger partial charge in [0, 0.05) is 23.7 Å². The lowest BCUT2D eigenvalue weighted by atomic mass is 10.3. The molecule has 1 aromatic rings. The molecule has 2 rings (SSSR count). The molecule has 0 N–H and O–H groups in total. The number of thioether (sulfide) groups is 1. The first-order valence-electron chi connectivity index (χ1n) is 5.13. The van der Waals surface area contributed by atoms with Crippen molar-refractivity contribution in [3.63, 3.8) is 0 Å². The molecule has 0 saturated carbocycles. The number of ketones is 1. The molecule has 0 bridgehead atoms. The predicted octanol–water partition coefficient (Wildman–Crippen LogP) is 3.62. The number of carbonyl (C=O) groups is 1. The fourth-order valence-electron chi connectivity index (χ4n) is 1.44. The smallest absolute Gasteiger partial charge is 0.198 e. The SMILES string of the molecule is CCN1C=CSC1=CC(=O)c1ccc(C)s1. The molecular weight excluding hydrogens is 238 g/mol. The number of carbonyl (C=O) groups excluding carboxylic acids is 1. The topological polar surface area (TPSA) is 20.3 Å². The van der Waals surface area contributed by atoms with Gasteiger partial charge in [-0.25, -0.2) is 0 Å². The average Bonchev–Trinajstić information content (AvgIpc) is 2.86. The predicted molar refractivity (Wildman–Crippen MR) is 70.6 cm³/mol. The Kier molecular flexibility index (Phi) is 3.51. The maximum Gasteiger partial charge on any atom is 0.198 e. The fraction of sp³-hybridized carbons (Fsp3) is 0.250. The third kappa shape index (κ3) is 2.39. The molecule has 1 aliphatic heterocycles. The van der Waals surface area contributed by atoms with Gasteiger partial charge in [-0.1, -0.05) is 11.8 Å². The highest BCUT2D eigenvalue weighted by Crippen LogP contribution is 2.29. The van der Waals surface area contributed by atoms with Crippen LogP contribution in [0.25, 0.3) is 0 Å². The van der Waals surface area contributed by atoms with Gasteiger partial charge in [-0.05, 0) is 31.4 Å². The molecule has 1 aromatic heterocycles. The Labute approximate surface area is 104 Å². The quantitative estimate of drug-likeness (QED) is 0.604. The van der Waals surface area contributed by atoms with Crippen LogP contribution in [0.5, 0.6) is 0 Å². The lowest BCUT2D eigenvalue weighted by Gasteiger charge is -2.13. The summed E-state index contributed by atoms with van der Waals surface area (Å²) >= 11 is 3.14. The van der Waals surface area contributed by atoms with Crippen LogP contribution in [0.1, 0.15) is 21.5 Å². The third-order valence-electron chi connectivity index (χ3n) is 2.29. The Morgan fingerprint density at radius 3 is 2.94 bits per heavy atom. The second kappa shape index (κ2) is 4.89. The van der Waals surface area contributed by atoms with E-state index in [0.29, 0.717) is 0 Å². The summed E-state index contributed by atoms with van der Waals surface area (Å²) in [6.07, 6.45) is 3.73. The number of nitrogens with zero attached hydrogens (tertiary/aromatic N) is 1. The highest BCUT2D eigenvalue weighted by molar-refractivity contribution is 8.06. The van der Waals surface area contributed by atoms with Gasteiger partial charge < -0.3 is 4.90 Å². The van der Waals surface area contributed by atoms with E-state index >= 15 is 0 Å². The van der Waals surface area contributed by atoms with E-state index in [-0.39, 0.29) is 5.78 Å². The number of hydrogen-bond acceptors (Lipinski definition) is 4. The molecule has 0 unspecified atom stereocenters. The minimum absolute atomic E-state index is 0.0998. The number of rotatable bonds is 3. The molecule has 0 radical (unpaired) electrons. The van der Waals surface area contributed by atoms with Gasteiger partial charge in [0.2, 0.25) is 0 Å². The van der Waals surface area contributed by atoms with Crippen molar-refractivity contribution in [3.05, 3.63) is 44.6 Å². The zero-order valence-corrected chi connectivity index (χ0v) is 10.9. The minimum atomic E-state index is 0.0998. The van der Waals surface area contributed by atoms with Gasteiger partial charge in [-0.3, -0.25) is 4.79 Å². The molecule has 0 fully saturated rings. The number of thiophene rings is 1. The molecule has 0 spiro atoms. The van der Waals surface area contributed by atoms with Crippen molar-refractivity contribution in [1.29, 1.82) is 0 Å². The van der Waals surface area contributed by atoms with Gasteiger partial charge in [0.05, 0.1) is 9.91 Å². The molecule has 4 heteroatoms. The molecule has 0 amide bonds. The second-order valence-electron chi connectivity index (χ2n) is 3.45. The first-order valence-corrected chi connectivity index (χ1v) is 6.82. The van der Waals surface area contributed by atoms with E-state index in [9.17, 15) is 4.79 Å². The molecule has 0 aromatic carbocycles. The van der Waals surface area contributed by atoms with E-state index in [1.54, 1.807) is 29.2 Å². The summed E-state index contributed by atoms with van der Waals surface area (Å²) in [7, 11) is 0. The van der Waals surface area contributed by atoms with Crippen molar-refractivity contribution in [1.82, 2.24) is 4.90 Å². The van der Waals surface area contributed by atoms with E-state index < -0.39 is 0 Å². The Morgan fingerprint density at radius 1 is 1.50 bits per heavy atom. The first-order chi connectivity index (χ1) is 7.70. The molecule has 16 heavy (non-hydrogen) atoms. The third-order valence-corrected chi connectivity index (χ3v) is 4.16. The monoisotopic (exact) mass is 251 g/mol. The van der Waals surface area contributed by atoms with Crippen LogP contribution in [0.2, 0.25) is 0 Å². The zero-order valence-electron chi connectivity index (χ0n) is 9.27. The lowest BCUT2D eigenvalue weighted by molar-refractivity contribution is 0.104. The number of aryl methyl sites for hydroxylation is 1. The van der Waals surface area contributed by atoms with Crippen LogP contribution in [0.3, 0.4) is 0 Å². The van der Waals surface area contributed by atoms with Gasteiger partial charge in [0.1, 0.15) is 0 Å². The maximum atomic E-state index is 11.9. The van der Waals surface area contributed by atoms with Crippen molar-refractivity contribution in [2.75, 3.05) is 6.54 Å². The standard InChI is InChI=1S/C12H13NOS2/c1-3-13-6-7-15-12(13)8-10(14)11-5-4-9(2)16-11/h4-8H,3H2,1-2H3. The van der Waals surface area contributed by atoms with Crippen LogP contribution in [0, 0.1) is 6.92 Å². The van der Waals surface area contributed by atoms with E-state index in [0.717, 1.165) is 16.5 Å². The second-order valence-corrected chi connectivity index (χ2v) is 5.66. The van der Waals surface area contributed by atoms with Crippen LogP contribution >= 0.6 is 23.1 Å². The van der Waals surface area contributed by atoms with Crippen LogP contribution in [0.15, 0.2) is 34.8 Å². The van der Waals surface area contributed by atoms with Crippen molar-refractivity contribution < 1.29 is 4.79 Å². The van der Waals surface area contributed by atoms with Crippen LogP contribution in [-0.2, 0) is 0 Å². The van der Waals surface area contributed by atoms with Crippen LogP contribution < -0.4 is 0 Å². The van der Waals surface area contributed by atoms with Gasteiger partial charge in [0.15, 0.2) is 5.78 Å². The molecule has 84 valence electrons. The van der Waals surface area contributed by atoms with E-state index in [1.807, 2.05) is 30.7 Å². The average molecular weight is 251 g/mol. The summed E-state index contributed by atoms with van der Waals surface area (Å²) in [4.78, 5) is 16.0. The van der Waals surface area contributed by atoms with Gasteiger partial charge in [-0.2, -0.15) is 0 Å². The van der Waals surface area contributed by atoms with E-state index in [4.69, 9.17) is 0 Å². The van der Waals surface area contributed by atoms with Gasteiger partial charge >= 0.3 is 0 Å². The Morgan fingerprint density at radius 2 is 2.31 bits per heavy atom. The van der Waals surface area contributed by atoms with Gasteiger partial charge in [0.25, 0.3) is 0 Å². The summed E-state index contributed by atoms with van der Waals surface area (Å²) in [5, 5.41) is 3.01. The highest BCUT2D eigenvalue weighted by Gasteiger charge is 2.13. The summed E-state index contributed by atoms with van der Waals surface area (Å²) in [5.41, 5.74) is 0. The van der Waals surface area contributed by atoms with Crippen molar-refractivity contribution in [2.45, 2.75) is 13.8 Å². The zero-order chi connectivity index (χ0) is 11.5. The Hall–Kier alpha value is -1.000. The van der Waals surface area contributed by atoms with Crippen molar-refractivity contribution in [3.8, 4) is 0 Å². The molecule has 1 aliphatic rings. The molecule has 2 nitrogen and oxygen atoms in total. The number of allylic oxidation sites excluding steroid dienone is 1. The van der Waals surface area contributed by atoms with E-state index in [1.165, 1.54) is 4.88 Å². The summed E-state index contributed by atoms with van der Waals surface area (Å²) in [5.74, 6) is 0.0998. The lowest BCUT2D eigenvalue weighted by Crippen LogP contribution is -2.11. The van der Waals surface area contributed by atoms with Gasteiger partial charge in [-0.15, -0.1) is 11.3 Å². The molecule has 0 aliphatic carbocycles. The van der Waals surface area contributed by atoms with Crippen LogP contribution in [0.4, 0.5) is 0 Å². The Bertz CT molecular complexity index is 459. The fourth-order valence-corrected chi connectivity index (χ4v) is 3.07. The van der Waals surface area contributed by atoms with Crippen molar-refractivity contribution >= 4 is 28.9 Å². The molecule has 0 atom stereocenters. The normalized spacial score (nSPS) is 17.4. The number of hydrogen-bond donors (Lipinski definition) is 0. The largest absolute Gasteiger partial charge is 0.342 e.